The summed E-state index contributed by atoms with van der Waals surface area (Å²) in [5, 5.41) is 0.693. The predicted octanol–water partition coefficient (Wildman–Crippen LogP) is 1.09. The van der Waals surface area contributed by atoms with Gasteiger partial charge in [-0.1, -0.05) is 0 Å². The molecule has 2 saturated heterocycles. The Bertz CT molecular complexity index is 567. The number of thioether (sulfide) groups is 1. The maximum atomic E-state index is 12.5. The number of hydrogen-bond acceptors (Lipinski definition) is 4. The molecular weight excluding hydrogens is 270 g/mol. The normalized spacial score (nSPS) is 28.1. The summed E-state index contributed by atoms with van der Waals surface area (Å²) in [6, 6.07) is 0.178. The zero-order valence-corrected chi connectivity index (χ0v) is 12.2. The molecule has 0 aliphatic carbocycles. The second kappa shape index (κ2) is 4.25. The summed E-state index contributed by atoms with van der Waals surface area (Å²) in [6.07, 6.45) is 2.65. The minimum absolute atomic E-state index is 0.178. The fourth-order valence-electron chi connectivity index (χ4n) is 2.70. The van der Waals surface area contributed by atoms with Gasteiger partial charge in [-0.3, -0.25) is 0 Å². The molecule has 2 bridgehead atoms. The highest BCUT2D eigenvalue weighted by molar-refractivity contribution is 8.00. The molecular formula is C11H17N3O2S2. The van der Waals surface area contributed by atoms with E-state index in [-0.39, 0.29) is 11.1 Å². The van der Waals surface area contributed by atoms with Crippen LogP contribution in [0.15, 0.2) is 11.2 Å². The molecule has 2 atom stereocenters. The molecule has 7 heteroatoms. The minimum atomic E-state index is -3.39. The van der Waals surface area contributed by atoms with Crippen molar-refractivity contribution in [3.05, 3.63) is 12.0 Å². The zero-order valence-electron chi connectivity index (χ0n) is 10.5. The van der Waals surface area contributed by atoms with E-state index in [0.29, 0.717) is 11.8 Å². The summed E-state index contributed by atoms with van der Waals surface area (Å²) in [7, 11) is -3.39. The molecule has 2 aliphatic heterocycles. The lowest BCUT2D eigenvalue weighted by Gasteiger charge is -2.24. The van der Waals surface area contributed by atoms with Gasteiger partial charge in [0.2, 0.25) is 0 Å². The number of hydrogen-bond donors (Lipinski definition) is 0. The van der Waals surface area contributed by atoms with E-state index in [0.717, 1.165) is 24.5 Å². The van der Waals surface area contributed by atoms with Crippen molar-refractivity contribution in [3.8, 4) is 0 Å². The molecule has 2 aliphatic rings. The lowest BCUT2D eigenvalue weighted by atomic mass is 10.3. The summed E-state index contributed by atoms with van der Waals surface area (Å²) in [5.41, 5.74) is 0. The molecule has 5 nitrogen and oxygen atoms in total. The van der Waals surface area contributed by atoms with Crippen LogP contribution in [0.2, 0.25) is 0 Å². The Morgan fingerprint density at radius 2 is 2.33 bits per heavy atom. The van der Waals surface area contributed by atoms with Crippen LogP contribution in [0, 0.1) is 6.92 Å². The highest BCUT2D eigenvalue weighted by atomic mass is 32.2. The molecule has 0 aromatic carbocycles. The van der Waals surface area contributed by atoms with Crippen molar-refractivity contribution in [1.29, 1.82) is 0 Å². The van der Waals surface area contributed by atoms with Crippen LogP contribution in [0.3, 0.4) is 0 Å². The Morgan fingerprint density at radius 3 is 2.83 bits per heavy atom. The van der Waals surface area contributed by atoms with Crippen LogP contribution < -0.4 is 0 Å². The van der Waals surface area contributed by atoms with E-state index in [1.807, 2.05) is 30.2 Å². The average molecular weight is 287 g/mol. The van der Waals surface area contributed by atoms with Gasteiger partial charge in [0.25, 0.3) is 10.0 Å². The zero-order chi connectivity index (χ0) is 12.9. The first kappa shape index (κ1) is 12.5. The minimum Gasteiger partial charge on any atom is -0.334 e. The van der Waals surface area contributed by atoms with E-state index in [2.05, 4.69) is 4.98 Å². The van der Waals surface area contributed by atoms with Crippen molar-refractivity contribution in [2.45, 2.75) is 43.1 Å². The molecule has 0 radical (unpaired) electrons. The van der Waals surface area contributed by atoms with Crippen molar-refractivity contribution < 1.29 is 8.42 Å². The summed E-state index contributed by atoms with van der Waals surface area (Å²) in [6.45, 7) is 5.22. The van der Waals surface area contributed by atoms with E-state index in [1.54, 1.807) is 10.5 Å². The third-order valence-corrected chi connectivity index (χ3v) is 6.90. The first-order chi connectivity index (χ1) is 8.52. The highest BCUT2D eigenvalue weighted by Crippen LogP contribution is 2.40. The molecule has 3 heterocycles. The first-order valence-corrected chi connectivity index (χ1v) is 8.68. The predicted molar refractivity (Wildman–Crippen MR) is 71.2 cm³/mol. The highest BCUT2D eigenvalue weighted by Gasteiger charge is 2.45. The van der Waals surface area contributed by atoms with Crippen molar-refractivity contribution in [3.63, 3.8) is 0 Å². The lowest BCUT2D eigenvalue weighted by Crippen LogP contribution is -2.39. The molecule has 1 aromatic rings. The molecule has 18 heavy (non-hydrogen) atoms. The molecule has 0 saturated carbocycles. The smallest absolute Gasteiger partial charge is 0.262 e. The third-order valence-electron chi connectivity index (χ3n) is 3.72. The number of nitrogens with zero attached hydrogens (tertiary/aromatic N) is 3. The molecule has 0 spiro atoms. The fraction of sp³-hybridized carbons (Fsp3) is 0.727. The van der Waals surface area contributed by atoms with Crippen molar-refractivity contribution in [2.75, 3.05) is 12.3 Å². The van der Waals surface area contributed by atoms with Crippen molar-refractivity contribution in [1.82, 2.24) is 13.9 Å². The molecule has 2 fully saturated rings. The number of imidazole rings is 1. The van der Waals surface area contributed by atoms with Gasteiger partial charge in [-0.25, -0.2) is 13.4 Å². The monoisotopic (exact) mass is 287 g/mol. The van der Waals surface area contributed by atoms with Crippen molar-refractivity contribution in [2.24, 2.45) is 0 Å². The number of fused-ring (bicyclic) bond motifs is 2. The van der Waals surface area contributed by atoms with Gasteiger partial charge >= 0.3 is 0 Å². The number of aromatic nitrogens is 2. The third kappa shape index (κ3) is 1.80. The summed E-state index contributed by atoms with van der Waals surface area (Å²) in [5.74, 6) is 1.69. The summed E-state index contributed by atoms with van der Waals surface area (Å²) >= 11 is 1.89. The van der Waals surface area contributed by atoms with Gasteiger partial charge in [-0.05, 0) is 20.3 Å². The second-order valence-corrected chi connectivity index (χ2v) is 8.00. The maximum absolute atomic E-state index is 12.5. The number of aryl methyl sites for hydroxylation is 2. The lowest BCUT2D eigenvalue weighted by molar-refractivity contribution is 0.408. The number of sulfonamides is 1. The molecule has 0 N–H and O–H groups in total. The maximum Gasteiger partial charge on any atom is 0.262 e. The van der Waals surface area contributed by atoms with Crippen LogP contribution in [-0.2, 0) is 16.6 Å². The second-order valence-electron chi connectivity index (χ2n) is 4.83. The van der Waals surface area contributed by atoms with E-state index in [4.69, 9.17) is 0 Å². The molecule has 0 amide bonds. The van der Waals surface area contributed by atoms with E-state index < -0.39 is 10.0 Å². The Hall–Kier alpha value is -0.530. The van der Waals surface area contributed by atoms with Crippen LogP contribution in [0.25, 0.3) is 0 Å². The molecule has 2 unspecified atom stereocenters. The SMILES string of the molecule is CCn1cc(S(=O)(=O)N2CC3CC2CS3)nc1C. The molecule has 1 aromatic heterocycles. The van der Waals surface area contributed by atoms with E-state index in [1.165, 1.54) is 0 Å². The standard InChI is InChI=1S/C11H17N3O2S2/c1-3-13-6-11(12-8(13)2)18(15,16)14-5-10-4-9(14)7-17-10/h6,9-10H,3-5,7H2,1-2H3. The van der Waals surface area contributed by atoms with Crippen LogP contribution >= 0.6 is 11.8 Å². The van der Waals surface area contributed by atoms with Gasteiger partial charge in [-0.2, -0.15) is 16.1 Å². The summed E-state index contributed by atoms with van der Waals surface area (Å²) in [4.78, 5) is 4.21. The molecule has 100 valence electrons. The summed E-state index contributed by atoms with van der Waals surface area (Å²) < 4.78 is 28.6. The Morgan fingerprint density at radius 1 is 1.56 bits per heavy atom. The van der Waals surface area contributed by atoms with Gasteiger partial charge in [0.15, 0.2) is 5.03 Å². The number of rotatable bonds is 3. The Kier molecular flexibility index (Phi) is 2.95. The Balaban J connectivity index is 1.94. The van der Waals surface area contributed by atoms with Gasteiger partial charge in [-0.15, -0.1) is 0 Å². The largest absolute Gasteiger partial charge is 0.334 e. The van der Waals surface area contributed by atoms with Crippen molar-refractivity contribution >= 4 is 21.8 Å². The quantitative estimate of drug-likeness (QED) is 0.835. The van der Waals surface area contributed by atoms with Gasteiger partial charge < -0.3 is 4.57 Å². The van der Waals surface area contributed by atoms with E-state index in [9.17, 15) is 8.42 Å². The topological polar surface area (TPSA) is 55.2 Å². The average Bonchev–Trinajstić information content (AvgIpc) is 3.02. The van der Waals surface area contributed by atoms with Gasteiger partial charge in [0.1, 0.15) is 5.82 Å². The van der Waals surface area contributed by atoms with Crippen LogP contribution in [0.5, 0.6) is 0 Å². The van der Waals surface area contributed by atoms with Crippen LogP contribution in [-0.4, -0.2) is 45.9 Å². The molecule has 3 rings (SSSR count). The van der Waals surface area contributed by atoms with E-state index >= 15 is 0 Å². The first-order valence-electron chi connectivity index (χ1n) is 6.19. The van der Waals surface area contributed by atoms with Gasteiger partial charge in [0.05, 0.1) is 0 Å². The fourth-order valence-corrected chi connectivity index (χ4v) is 6.00. The van der Waals surface area contributed by atoms with Crippen LogP contribution in [0.4, 0.5) is 0 Å². The van der Waals surface area contributed by atoms with Crippen LogP contribution in [0.1, 0.15) is 19.2 Å². The van der Waals surface area contributed by atoms with Gasteiger partial charge in [0, 0.05) is 36.3 Å². The Labute approximate surface area is 112 Å².